The van der Waals surface area contributed by atoms with Crippen LogP contribution in [0.15, 0.2) is 54.6 Å². The van der Waals surface area contributed by atoms with E-state index in [-0.39, 0.29) is 11.3 Å². The number of amides is 1. The molecule has 2 aromatic carbocycles. The van der Waals surface area contributed by atoms with E-state index in [0.29, 0.717) is 13.0 Å². The van der Waals surface area contributed by atoms with E-state index in [1.165, 1.54) is 24.1 Å². The van der Waals surface area contributed by atoms with Gasteiger partial charge in [-0.2, -0.15) is 0 Å². The highest BCUT2D eigenvalue weighted by Crippen LogP contribution is 2.52. The SMILES string of the molecule is CCCCCOc1ccccc1/C=C/C12NC(=O)CCN1c1ccccc1C2(C)C. The molecule has 2 aromatic rings. The molecule has 0 aliphatic carbocycles. The Morgan fingerprint density at radius 3 is 2.70 bits per heavy atom. The van der Waals surface area contributed by atoms with E-state index in [2.05, 4.69) is 73.5 Å². The lowest BCUT2D eigenvalue weighted by Crippen LogP contribution is -2.68. The molecule has 1 amide bonds. The van der Waals surface area contributed by atoms with Crippen molar-refractivity contribution < 1.29 is 9.53 Å². The molecule has 158 valence electrons. The van der Waals surface area contributed by atoms with Crippen LogP contribution in [0.1, 0.15) is 57.6 Å². The number of rotatable bonds is 7. The minimum Gasteiger partial charge on any atom is -0.493 e. The molecule has 1 atom stereocenters. The second-order valence-corrected chi connectivity index (χ2v) is 8.79. The van der Waals surface area contributed by atoms with Gasteiger partial charge in [0.2, 0.25) is 5.91 Å². The molecule has 4 heteroatoms. The molecule has 4 rings (SSSR count). The van der Waals surface area contributed by atoms with Crippen LogP contribution in [-0.4, -0.2) is 24.7 Å². The maximum absolute atomic E-state index is 12.5. The first kappa shape index (κ1) is 20.5. The average Bonchev–Trinajstić information content (AvgIpc) is 2.94. The highest BCUT2D eigenvalue weighted by Gasteiger charge is 2.57. The Bertz CT molecular complexity index is 950. The summed E-state index contributed by atoms with van der Waals surface area (Å²) in [5.74, 6) is 0.990. The van der Waals surface area contributed by atoms with E-state index < -0.39 is 5.66 Å². The van der Waals surface area contributed by atoms with Gasteiger partial charge in [-0.1, -0.05) is 76.1 Å². The molecule has 0 saturated carbocycles. The molecule has 1 unspecified atom stereocenters. The monoisotopic (exact) mass is 404 g/mol. The van der Waals surface area contributed by atoms with E-state index in [1.54, 1.807) is 0 Å². The molecule has 0 aromatic heterocycles. The second-order valence-electron chi connectivity index (χ2n) is 8.79. The fourth-order valence-electron chi connectivity index (χ4n) is 4.81. The predicted octanol–water partition coefficient (Wildman–Crippen LogP) is 5.28. The fourth-order valence-corrected chi connectivity index (χ4v) is 4.81. The molecule has 4 nitrogen and oxygen atoms in total. The van der Waals surface area contributed by atoms with Crippen molar-refractivity contribution in [2.75, 3.05) is 18.1 Å². The van der Waals surface area contributed by atoms with Crippen LogP contribution in [-0.2, 0) is 10.2 Å². The summed E-state index contributed by atoms with van der Waals surface area (Å²) in [6.07, 6.45) is 8.20. The lowest BCUT2D eigenvalue weighted by molar-refractivity contribution is -0.124. The van der Waals surface area contributed by atoms with Crippen molar-refractivity contribution in [3.05, 3.63) is 65.7 Å². The molecule has 2 heterocycles. The van der Waals surface area contributed by atoms with Crippen LogP contribution in [0, 0.1) is 0 Å². The number of nitrogens with zero attached hydrogens (tertiary/aromatic N) is 1. The van der Waals surface area contributed by atoms with Crippen LogP contribution in [0.5, 0.6) is 5.75 Å². The Labute approximate surface area is 179 Å². The highest BCUT2D eigenvalue weighted by molar-refractivity contribution is 5.84. The van der Waals surface area contributed by atoms with E-state index >= 15 is 0 Å². The Balaban J connectivity index is 1.69. The van der Waals surface area contributed by atoms with Crippen LogP contribution < -0.4 is 15.0 Å². The summed E-state index contributed by atoms with van der Waals surface area (Å²) in [5, 5.41) is 3.34. The number of benzene rings is 2. The zero-order valence-electron chi connectivity index (χ0n) is 18.3. The molecule has 0 spiro atoms. The number of unbranched alkanes of at least 4 members (excludes halogenated alkanes) is 2. The Morgan fingerprint density at radius 2 is 1.87 bits per heavy atom. The molecule has 1 N–H and O–H groups in total. The average molecular weight is 405 g/mol. The number of hydrogen-bond donors (Lipinski definition) is 1. The third kappa shape index (κ3) is 3.38. The third-order valence-electron chi connectivity index (χ3n) is 6.57. The van der Waals surface area contributed by atoms with Crippen molar-refractivity contribution in [2.45, 2.75) is 57.5 Å². The minimum atomic E-state index is -0.596. The molecule has 1 saturated heterocycles. The number of fused-ring (bicyclic) bond motifs is 3. The minimum absolute atomic E-state index is 0.0980. The van der Waals surface area contributed by atoms with Gasteiger partial charge < -0.3 is 15.0 Å². The van der Waals surface area contributed by atoms with Crippen molar-refractivity contribution in [3.63, 3.8) is 0 Å². The number of nitrogens with one attached hydrogen (secondary N) is 1. The van der Waals surface area contributed by atoms with Crippen molar-refractivity contribution in [3.8, 4) is 5.75 Å². The first-order valence-electron chi connectivity index (χ1n) is 11.1. The lowest BCUT2D eigenvalue weighted by atomic mass is 9.74. The summed E-state index contributed by atoms with van der Waals surface area (Å²) < 4.78 is 6.07. The van der Waals surface area contributed by atoms with Crippen molar-refractivity contribution >= 4 is 17.7 Å². The quantitative estimate of drug-likeness (QED) is 0.638. The zero-order chi connectivity index (χ0) is 21.2. The first-order chi connectivity index (χ1) is 14.5. The maximum Gasteiger partial charge on any atom is 0.223 e. The fraction of sp³-hybridized carbons (Fsp3) is 0.423. The highest BCUT2D eigenvalue weighted by atomic mass is 16.5. The summed E-state index contributed by atoms with van der Waals surface area (Å²) >= 11 is 0. The first-order valence-corrected chi connectivity index (χ1v) is 11.1. The molecule has 0 bridgehead atoms. The number of ether oxygens (including phenoxy) is 1. The van der Waals surface area contributed by atoms with Crippen LogP contribution in [0.4, 0.5) is 5.69 Å². The van der Waals surface area contributed by atoms with Crippen LogP contribution in [0.3, 0.4) is 0 Å². The number of carbonyl (C=O) groups is 1. The standard InChI is InChI=1S/C26H32N2O2/c1-4-5-10-19-30-23-14-9-6-11-20(23)15-17-26-25(2,3)21-12-7-8-13-22(21)28(26)18-16-24(29)27-26/h6-9,11-15,17H,4-5,10,16,18-19H2,1-3H3,(H,27,29)/b17-15+. The Morgan fingerprint density at radius 1 is 1.10 bits per heavy atom. The molecule has 0 radical (unpaired) electrons. The summed E-state index contributed by atoms with van der Waals surface area (Å²) in [6.45, 7) is 8.07. The normalized spacial score (nSPS) is 22.0. The van der Waals surface area contributed by atoms with E-state index in [0.717, 1.165) is 24.3 Å². The van der Waals surface area contributed by atoms with Gasteiger partial charge in [0.1, 0.15) is 11.4 Å². The lowest BCUT2D eigenvalue weighted by Gasteiger charge is -2.49. The van der Waals surface area contributed by atoms with E-state index in [1.807, 2.05) is 18.2 Å². The van der Waals surface area contributed by atoms with Gasteiger partial charge in [-0.15, -0.1) is 0 Å². The smallest absolute Gasteiger partial charge is 0.223 e. The summed E-state index contributed by atoms with van der Waals surface area (Å²) in [6, 6.07) is 16.6. The number of para-hydroxylation sites is 2. The molecule has 1 fully saturated rings. The number of anilines is 1. The molecule has 30 heavy (non-hydrogen) atoms. The van der Waals surface area contributed by atoms with Crippen LogP contribution in [0.2, 0.25) is 0 Å². The molecular weight excluding hydrogens is 372 g/mol. The van der Waals surface area contributed by atoms with Gasteiger partial charge in [-0.25, -0.2) is 0 Å². The zero-order valence-corrected chi connectivity index (χ0v) is 18.3. The largest absolute Gasteiger partial charge is 0.493 e. The van der Waals surface area contributed by atoms with Gasteiger partial charge in [0.05, 0.1) is 6.61 Å². The molecular formula is C26H32N2O2. The van der Waals surface area contributed by atoms with Gasteiger partial charge in [0.25, 0.3) is 0 Å². The summed E-state index contributed by atoms with van der Waals surface area (Å²) in [7, 11) is 0. The summed E-state index contributed by atoms with van der Waals surface area (Å²) in [4.78, 5) is 14.9. The maximum atomic E-state index is 12.5. The van der Waals surface area contributed by atoms with Crippen LogP contribution >= 0.6 is 0 Å². The van der Waals surface area contributed by atoms with Gasteiger partial charge in [-0.3, -0.25) is 4.79 Å². The molecule has 2 aliphatic rings. The van der Waals surface area contributed by atoms with Crippen molar-refractivity contribution in [1.82, 2.24) is 5.32 Å². The van der Waals surface area contributed by atoms with Gasteiger partial charge in [0.15, 0.2) is 0 Å². The number of carbonyl (C=O) groups excluding carboxylic acids is 1. The van der Waals surface area contributed by atoms with Crippen molar-refractivity contribution in [1.29, 1.82) is 0 Å². The van der Waals surface area contributed by atoms with Gasteiger partial charge >= 0.3 is 0 Å². The van der Waals surface area contributed by atoms with Gasteiger partial charge in [0, 0.05) is 29.6 Å². The Hall–Kier alpha value is -2.75. The van der Waals surface area contributed by atoms with Crippen molar-refractivity contribution in [2.24, 2.45) is 0 Å². The number of hydrogen-bond acceptors (Lipinski definition) is 3. The Kier molecular flexibility index (Phi) is 5.59. The van der Waals surface area contributed by atoms with Gasteiger partial charge in [-0.05, 0) is 30.2 Å². The predicted molar refractivity (Wildman–Crippen MR) is 123 cm³/mol. The van der Waals surface area contributed by atoms with E-state index in [4.69, 9.17) is 4.74 Å². The van der Waals surface area contributed by atoms with Crippen LogP contribution in [0.25, 0.3) is 6.08 Å². The third-order valence-corrected chi connectivity index (χ3v) is 6.57. The summed E-state index contributed by atoms with van der Waals surface area (Å²) in [5.41, 5.74) is 2.64. The second kappa shape index (κ2) is 8.17. The van der Waals surface area contributed by atoms with E-state index in [9.17, 15) is 4.79 Å². The molecule has 2 aliphatic heterocycles. The topological polar surface area (TPSA) is 41.6 Å².